The summed E-state index contributed by atoms with van der Waals surface area (Å²) >= 11 is 0. The third-order valence-corrected chi connectivity index (χ3v) is 5.14. The highest BCUT2D eigenvalue weighted by molar-refractivity contribution is 14.0. The van der Waals surface area contributed by atoms with Gasteiger partial charge >= 0.3 is 0 Å². The summed E-state index contributed by atoms with van der Waals surface area (Å²) in [5.74, 6) is 0.571. The van der Waals surface area contributed by atoms with E-state index in [0.29, 0.717) is 17.6 Å². The van der Waals surface area contributed by atoms with Crippen LogP contribution < -0.4 is 15.5 Å². The zero-order valence-electron chi connectivity index (χ0n) is 17.0. The molecule has 0 radical (unpaired) electrons. The predicted octanol–water partition coefficient (Wildman–Crippen LogP) is 3.77. The summed E-state index contributed by atoms with van der Waals surface area (Å²) < 4.78 is 19.4. The lowest BCUT2D eigenvalue weighted by Gasteiger charge is -2.42. The van der Waals surface area contributed by atoms with Crippen molar-refractivity contribution < 1.29 is 9.13 Å². The molecule has 0 spiro atoms. The standard InChI is InChI=1S/C20H33FN4O.HI/c1-5-22-19(24-15-20(9-6-10-20)11-12-26-4)23-14-16-7-8-18(25(2)3)17(21)13-16;/h7-8,13H,5-6,9-12,14-15H2,1-4H3,(H2,22,23,24);1H. The van der Waals surface area contributed by atoms with E-state index >= 15 is 0 Å². The van der Waals surface area contributed by atoms with E-state index in [-0.39, 0.29) is 29.8 Å². The lowest BCUT2D eigenvalue weighted by molar-refractivity contribution is 0.0732. The lowest BCUT2D eigenvalue weighted by Crippen LogP contribution is -2.46. The largest absolute Gasteiger partial charge is 0.385 e. The molecule has 1 aliphatic carbocycles. The summed E-state index contributed by atoms with van der Waals surface area (Å²) in [5.41, 5.74) is 1.78. The van der Waals surface area contributed by atoms with Crippen LogP contribution in [-0.2, 0) is 11.3 Å². The van der Waals surface area contributed by atoms with Crippen LogP contribution in [0.4, 0.5) is 10.1 Å². The van der Waals surface area contributed by atoms with E-state index in [9.17, 15) is 4.39 Å². The first-order valence-electron chi connectivity index (χ1n) is 9.46. The fourth-order valence-electron chi connectivity index (χ4n) is 3.31. The molecule has 0 aromatic heterocycles. The molecule has 1 saturated carbocycles. The van der Waals surface area contributed by atoms with Crippen molar-refractivity contribution in [3.05, 3.63) is 29.6 Å². The van der Waals surface area contributed by atoms with Gasteiger partial charge in [-0.15, -0.1) is 24.0 Å². The highest BCUT2D eigenvalue weighted by Crippen LogP contribution is 2.43. The van der Waals surface area contributed by atoms with Gasteiger partial charge in [-0.3, -0.25) is 0 Å². The molecule has 5 nitrogen and oxygen atoms in total. The maximum atomic E-state index is 14.1. The second kappa shape index (κ2) is 11.7. The maximum Gasteiger partial charge on any atom is 0.191 e. The van der Waals surface area contributed by atoms with Gasteiger partial charge in [0, 0.05) is 40.9 Å². The summed E-state index contributed by atoms with van der Waals surface area (Å²) in [4.78, 5) is 6.39. The molecule has 0 unspecified atom stereocenters. The Morgan fingerprint density at radius 1 is 1.30 bits per heavy atom. The van der Waals surface area contributed by atoms with Crippen LogP contribution in [0, 0.1) is 11.2 Å². The zero-order valence-corrected chi connectivity index (χ0v) is 19.3. The zero-order chi connectivity index (χ0) is 19.0. The molecule has 0 bridgehead atoms. The van der Waals surface area contributed by atoms with Gasteiger partial charge in [0.2, 0.25) is 0 Å². The van der Waals surface area contributed by atoms with Gasteiger partial charge in [0.1, 0.15) is 5.82 Å². The first-order valence-corrected chi connectivity index (χ1v) is 9.46. The topological polar surface area (TPSA) is 48.9 Å². The fourth-order valence-corrected chi connectivity index (χ4v) is 3.31. The number of nitrogens with zero attached hydrogens (tertiary/aromatic N) is 2. The van der Waals surface area contributed by atoms with E-state index < -0.39 is 0 Å². The van der Waals surface area contributed by atoms with Gasteiger partial charge in [-0.25, -0.2) is 9.38 Å². The number of rotatable bonds is 9. The Hall–Kier alpha value is -1.09. The summed E-state index contributed by atoms with van der Waals surface area (Å²) in [6.07, 6.45) is 4.84. The molecule has 1 aromatic carbocycles. The molecule has 1 aromatic rings. The number of hydrogen-bond acceptors (Lipinski definition) is 3. The average molecular weight is 492 g/mol. The number of anilines is 1. The predicted molar refractivity (Wildman–Crippen MR) is 122 cm³/mol. The minimum absolute atomic E-state index is 0. The number of benzene rings is 1. The first-order chi connectivity index (χ1) is 12.5. The second-order valence-electron chi connectivity index (χ2n) is 7.33. The Morgan fingerprint density at radius 2 is 2.04 bits per heavy atom. The Morgan fingerprint density at radius 3 is 2.56 bits per heavy atom. The molecular weight excluding hydrogens is 458 g/mol. The van der Waals surface area contributed by atoms with Crippen molar-refractivity contribution in [2.45, 2.75) is 39.2 Å². The van der Waals surface area contributed by atoms with Gasteiger partial charge < -0.3 is 20.3 Å². The number of methoxy groups -OCH3 is 1. The van der Waals surface area contributed by atoms with Crippen LogP contribution >= 0.6 is 24.0 Å². The van der Waals surface area contributed by atoms with Gasteiger partial charge in [0.25, 0.3) is 0 Å². The van der Waals surface area contributed by atoms with E-state index in [1.807, 2.05) is 27.1 Å². The molecule has 2 rings (SSSR count). The maximum absolute atomic E-state index is 14.1. The molecule has 1 fully saturated rings. The molecule has 0 atom stereocenters. The summed E-state index contributed by atoms with van der Waals surface area (Å²) in [7, 11) is 5.43. The Balaban J connectivity index is 0.00000364. The third kappa shape index (κ3) is 7.10. The minimum atomic E-state index is -0.214. The Labute approximate surface area is 180 Å². The highest BCUT2D eigenvalue weighted by Gasteiger charge is 2.36. The lowest BCUT2D eigenvalue weighted by atomic mass is 9.67. The van der Waals surface area contributed by atoms with Crippen LogP contribution in [0.2, 0.25) is 0 Å². The van der Waals surface area contributed by atoms with Crippen LogP contribution in [0.3, 0.4) is 0 Å². The number of nitrogens with one attached hydrogen (secondary N) is 2. The van der Waals surface area contributed by atoms with Gasteiger partial charge in [0.05, 0.1) is 12.2 Å². The Kier molecular flexibility index (Phi) is 10.4. The quantitative estimate of drug-likeness (QED) is 0.313. The average Bonchev–Trinajstić information content (AvgIpc) is 2.58. The number of guanidine groups is 1. The van der Waals surface area contributed by atoms with Gasteiger partial charge in [-0.1, -0.05) is 12.5 Å². The molecule has 0 saturated heterocycles. The van der Waals surface area contributed by atoms with E-state index in [1.54, 1.807) is 24.1 Å². The van der Waals surface area contributed by atoms with E-state index in [2.05, 4.69) is 15.6 Å². The van der Waals surface area contributed by atoms with Crippen LogP contribution in [0.25, 0.3) is 0 Å². The molecule has 7 heteroatoms. The van der Waals surface area contributed by atoms with Gasteiger partial charge in [0.15, 0.2) is 5.96 Å². The monoisotopic (exact) mass is 492 g/mol. The van der Waals surface area contributed by atoms with Crippen molar-refractivity contribution in [2.75, 3.05) is 45.8 Å². The highest BCUT2D eigenvalue weighted by atomic mass is 127. The van der Waals surface area contributed by atoms with Crippen LogP contribution in [0.15, 0.2) is 23.2 Å². The molecular formula is C20H34FIN4O. The molecule has 0 aliphatic heterocycles. The van der Waals surface area contributed by atoms with E-state index in [4.69, 9.17) is 4.74 Å². The number of aliphatic imine (C=N–C) groups is 1. The van der Waals surface area contributed by atoms with Crippen molar-refractivity contribution in [1.29, 1.82) is 0 Å². The molecule has 0 heterocycles. The number of hydrogen-bond donors (Lipinski definition) is 2. The van der Waals surface area contributed by atoms with Crippen molar-refractivity contribution >= 4 is 35.6 Å². The van der Waals surface area contributed by atoms with Crippen molar-refractivity contribution in [3.63, 3.8) is 0 Å². The van der Waals surface area contributed by atoms with Crippen LogP contribution in [-0.4, -0.2) is 46.9 Å². The van der Waals surface area contributed by atoms with Crippen LogP contribution in [0.1, 0.15) is 38.2 Å². The molecule has 154 valence electrons. The summed E-state index contributed by atoms with van der Waals surface area (Å²) in [6.45, 7) is 4.99. The third-order valence-electron chi connectivity index (χ3n) is 5.14. The molecule has 1 aliphatic rings. The van der Waals surface area contributed by atoms with Gasteiger partial charge in [-0.2, -0.15) is 0 Å². The molecule has 2 N–H and O–H groups in total. The number of halogens is 2. The SMILES string of the molecule is CCNC(=NCc1ccc(N(C)C)c(F)c1)NCC1(CCOC)CCC1.I. The van der Waals surface area contributed by atoms with Crippen molar-refractivity contribution in [3.8, 4) is 0 Å². The van der Waals surface area contributed by atoms with E-state index in [0.717, 1.165) is 37.6 Å². The second-order valence-corrected chi connectivity index (χ2v) is 7.33. The normalized spacial score (nSPS) is 15.5. The first kappa shape index (κ1) is 23.9. The smallest absolute Gasteiger partial charge is 0.191 e. The summed E-state index contributed by atoms with van der Waals surface area (Å²) in [6, 6.07) is 5.29. The minimum Gasteiger partial charge on any atom is -0.385 e. The summed E-state index contributed by atoms with van der Waals surface area (Å²) in [5, 5.41) is 6.75. The van der Waals surface area contributed by atoms with Crippen molar-refractivity contribution in [2.24, 2.45) is 10.4 Å². The Bertz CT molecular complexity index is 606. The van der Waals surface area contributed by atoms with Gasteiger partial charge in [-0.05, 0) is 49.3 Å². The molecule has 27 heavy (non-hydrogen) atoms. The fraction of sp³-hybridized carbons (Fsp3) is 0.650. The number of ether oxygens (including phenoxy) is 1. The van der Waals surface area contributed by atoms with Crippen LogP contribution in [0.5, 0.6) is 0 Å². The van der Waals surface area contributed by atoms with E-state index in [1.165, 1.54) is 19.3 Å². The molecule has 0 amide bonds. The van der Waals surface area contributed by atoms with Crippen molar-refractivity contribution in [1.82, 2.24) is 10.6 Å².